The predicted octanol–water partition coefficient (Wildman–Crippen LogP) is 3.26. The van der Waals surface area contributed by atoms with Crippen molar-refractivity contribution < 1.29 is 4.74 Å². The highest BCUT2D eigenvalue weighted by Crippen LogP contribution is 2.32. The maximum atomic E-state index is 5.35. The molecule has 2 aromatic rings. The lowest BCUT2D eigenvalue weighted by Crippen LogP contribution is -1.99. The van der Waals surface area contributed by atoms with E-state index < -0.39 is 0 Å². The van der Waals surface area contributed by atoms with Gasteiger partial charge >= 0.3 is 0 Å². The molecule has 0 saturated carbocycles. The van der Waals surface area contributed by atoms with Gasteiger partial charge < -0.3 is 10.1 Å². The standard InChI is InChI=1S/C13H14BrN3O/c1-8-6-11(16-17-13(8)15-2)10-7-9(14)4-5-12(10)18-3/h4-7H,1-3H3,(H,15,17). The molecule has 0 radical (unpaired) electrons. The van der Waals surface area contributed by atoms with Crippen LogP contribution in [0.1, 0.15) is 5.56 Å². The number of hydrogen-bond acceptors (Lipinski definition) is 4. The van der Waals surface area contributed by atoms with Crippen molar-refractivity contribution in [1.82, 2.24) is 10.2 Å². The van der Waals surface area contributed by atoms with Gasteiger partial charge in [-0.15, -0.1) is 10.2 Å². The molecule has 0 aliphatic heterocycles. The van der Waals surface area contributed by atoms with Crippen LogP contribution in [0, 0.1) is 6.92 Å². The first kappa shape index (κ1) is 12.8. The van der Waals surface area contributed by atoms with E-state index in [-0.39, 0.29) is 0 Å². The van der Waals surface area contributed by atoms with Crippen molar-refractivity contribution in [2.45, 2.75) is 6.92 Å². The zero-order valence-corrected chi connectivity index (χ0v) is 12.1. The molecule has 1 aromatic carbocycles. The Morgan fingerprint density at radius 1 is 1.22 bits per heavy atom. The summed E-state index contributed by atoms with van der Waals surface area (Å²) >= 11 is 3.45. The van der Waals surface area contributed by atoms with Crippen LogP contribution in [0.3, 0.4) is 0 Å². The summed E-state index contributed by atoms with van der Waals surface area (Å²) in [5.74, 6) is 1.57. The smallest absolute Gasteiger partial charge is 0.151 e. The number of anilines is 1. The van der Waals surface area contributed by atoms with E-state index in [0.717, 1.165) is 32.9 Å². The molecule has 0 amide bonds. The van der Waals surface area contributed by atoms with E-state index in [2.05, 4.69) is 31.4 Å². The number of hydrogen-bond donors (Lipinski definition) is 1. The van der Waals surface area contributed by atoms with Crippen LogP contribution in [0.15, 0.2) is 28.7 Å². The van der Waals surface area contributed by atoms with Gasteiger partial charge in [-0.25, -0.2) is 0 Å². The Kier molecular flexibility index (Phi) is 3.81. The van der Waals surface area contributed by atoms with E-state index in [4.69, 9.17) is 4.74 Å². The number of nitrogens with one attached hydrogen (secondary N) is 1. The molecule has 0 aliphatic carbocycles. The number of nitrogens with zero attached hydrogens (tertiary/aromatic N) is 2. The number of aromatic nitrogens is 2. The van der Waals surface area contributed by atoms with Gasteiger partial charge in [-0.2, -0.15) is 0 Å². The van der Waals surface area contributed by atoms with Crippen LogP contribution in [0.2, 0.25) is 0 Å². The fraction of sp³-hybridized carbons (Fsp3) is 0.231. The van der Waals surface area contributed by atoms with Gasteiger partial charge in [-0.1, -0.05) is 15.9 Å². The second-order valence-corrected chi connectivity index (χ2v) is 4.77. The number of ether oxygens (including phenoxy) is 1. The summed E-state index contributed by atoms with van der Waals surface area (Å²) in [5, 5.41) is 11.4. The first-order valence-corrected chi connectivity index (χ1v) is 6.31. The molecule has 0 unspecified atom stereocenters. The summed E-state index contributed by atoms with van der Waals surface area (Å²) in [7, 11) is 3.48. The van der Waals surface area contributed by atoms with Gasteiger partial charge in [0, 0.05) is 17.1 Å². The highest BCUT2D eigenvalue weighted by atomic mass is 79.9. The summed E-state index contributed by atoms with van der Waals surface area (Å²) in [6.07, 6.45) is 0. The summed E-state index contributed by atoms with van der Waals surface area (Å²) in [6, 6.07) is 7.80. The highest BCUT2D eigenvalue weighted by Gasteiger charge is 2.10. The molecule has 18 heavy (non-hydrogen) atoms. The third kappa shape index (κ3) is 2.46. The molecule has 4 nitrogen and oxygen atoms in total. The van der Waals surface area contributed by atoms with E-state index in [1.54, 1.807) is 7.11 Å². The van der Waals surface area contributed by atoms with Crippen molar-refractivity contribution in [3.63, 3.8) is 0 Å². The van der Waals surface area contributed by atoms with Crippen molar-refractivity contribution in [1.29, 1.82) is 0 Å². The SMILES string of the molecule is CNc1nnc(-c2cc(Br)ccc2OC)cc1C. The monoisotopic (exact) mass is 307 g/mol. The third-order valence-electron chi connectivity index (χ3n) is 2.66. The second-order valence-electron chi connectivity index (χ2n) is 3.86. The highest BCUT2D eigenvalue weighted by molar-refractivity contribution is 9.10. The van der Waals surface area contributed by atoms with Gasteiger partial charge in [0.15, 0.2) is 5.82 Å². The molecular weight excluding hydrogens is 294 g/mol. The molecule has 1 N–H and O–H groups in total. The van der Waals surface area contributed by atoms with E-state index in [1.807, 2.05) is 38.2 Å². The largest absolute Gasteiger partial charge is 0.496 e. The molecule has 0 saturated heterocycles. The average Bonchev–Trinajstić information content (AvgIpc) is 2.38. The predicted molar refractivity (Wildman–Crippen MR) is 76.0 cm³/mol. The Labute approximate surface area is 115 Å². The van der Waals surface area contributed by atoms with Crippen LogP contribution >= 0.6 is 15.9 Å². The minimum absolute atomic E-state index is 0.782. The lowest BCUT2D eigenvalue weighted by atomic mass is 10.1. The zero-order valence-electron chi connectivity index (χ0n) is 10.5. The van der Waals surface area contributed by atoms with Gasteiger partial charge in [0.1, 0.15) is 5.75 Å². The first-order chi connectivity index (χ1) is 8.65. The van der Waals surface area contributed by atoms with E-state index in [0.29, 0.717) is 0 Å². The summed E-state index contributed by atoms with van der Waals surface area (Å²) in [4.78, 5) is 0. The lowest BCUT2D eigenvalue weighted by Gasteiger charge is -2.10. The van der Waals surface area contributed by atoms with Gasteiger partial charge in [0.25, 0.3) is 0 Å². The van der Waals surface area contributed by atoms with Crippen molar-refractivity contribution in [2.24, 2.45) is 0 Å². The van der Waals surface area contributed by atoms with Gasteiger partial charge in [-0.05, 0) is 36.8 Å². The fourth-order valence-electron chi connectivity index (χ4n) is 1.74. The van der Waals surface area contributed by atoms with Crippen LogP contribution in [0.4, 0.5) is 5.82 Å². The molecule has 1 heterocycles. The minimum atomic E-state index is 0.782. The number of aryl methyl sites for hydroxylation is 1. The number of methoxy groups -OCH3 is 1. The van der Waals surface area contributed by atoms with E-state index in [1.165, 1.54) is 0 Å². The molecular formula is C13H14BrN3O. The molecule has 0 bridgehead atoms. The minimum Gasteiger partial charge on any atom is -0.496 e. The van der Waals surface area contributed by atoms with Crippen molar-refractivity contribution in [3.05, 3.63) is 34.3 Å². The molecule has 0 aliphatic rings. The van der Waals surface area contributed by atoms with Crippen molar-refractivity contribution in [2.75, 3.05) is 19.5 Å². The average molecular weight is 308 g/mol. The molecule has 0 spiro atoms. The van der Waals surface area contributed by atoms with E-state index >= 15 is 0 Å². The summed E-state index contributed by atoms with van der Waals surface area (Å²) in [5.41, 5.74) is 2.76. The molecule has 2 rings (SSSR count). The van der Waals surface area contributed by atoms with Crippen LogP contribution < -0.4 is 10.1 Å². The molecule has 1 aromatic heterocycles. The normalized spacial score (nSPS) is 10.2. The summed E-state index contributed by atoms with van der Waals surface area (Å²) in [6.45, 7) is 1.99. The second kappa shape index (κ2) is 5.35. The first-order valence-electron chi connectivity index (χ1n) is 5.51. The van der Waals surface area contributed by atoms with Crippen LogP contribution in [0.5, 0.6) is 5.75 Å². The topological polar surface area (TPSA) is 47.0 Å². The Morgan fingerprint density at radius 2 is 2.00 bits per heavy atom. The Balaban J connectivity index is 2.54. The van der Waals surface area contributed by atoms with Crippen molar-refractivity contribution in [3.8, 4) is 17.0 Å². The Bertz CT molecular complexity index is 572. The molecule has 94 valence electrons. The van der Waals surface area contributed by atoms with Gasteiger partial charge in [0.05, 0.1) is 12.8 Å². The zero-order chi connectivity index (χ0) is 13.1. The maximum absolute atomic E-state index is 5.35. The van der Waals surface area contributed by atoms with Crippen molar-refractivity contribution >= 4 is 21.7 Å². The van der Waals surface area contributed by atoms with Gasteiger partial charge in [-0.3, -0.25) is 0 Å². The lowest BCUT2D eigenvalue weighted by molar-refractivity contribution is 0.416. The van der Waals surface area contributed by atoms with E-state index in [9.17, 15) is 0 Å². The summed E-state index contributed by atoms with van der Waals surface area (Å²) < 4.78 is 6.33. The third-order valence-corrected chi connectivity index (χ3v) is 3.15. The number of rotatable bonds is 3. The Morgan fingerprint density at radius 3 is 2.61 bits per heavy atom. The maximum Gasteiger partial charge on any atom is 0.151 e. The van der Waals surface area contributed by atoms with Crippen LogP contribution in [-0.2, 0) is 0 Å². The number of halogens is 1. The quantitative estimate of drug-likeness (QED) is 0.945. The molecule has 0 fully saturated rings. The molecule has 0 atom stereocenters. The fourth-order valence-corrected chi connectivity index (χ4v) is 2.11. The van der Waals surface area contributed by atoms with Crippen LogP contribution in [-0.4, -0.2) is 24.4 Å². The number of benzene rings is 1. The Hall–Kier alpha value is -1.62. The van der Waals surface area contributed by atoms with Crippen LogP contribution in [0.25, 0.3) is 11.3 Å². The molecule has 5 heteroatoms. The van der Waals surface area contributed by atoms with Gasteiger partial charge in [0.2, 0.25) is 0 Å².